The van der Waals surface area contributed by atoms with Gasteiger partial charge in [0.25, 0.3) is 5.91 Å². The summed E-state index contributed by atoms with van der Waals surface area (Å²) < 4.78 is 0. The second kappa shape index (κ2) is 6.34. The van der Waals surface area contributed by atoms with Gasteiger partial charge in [0.1, 0.15) is 0 Å². The Labute approximate surface area is 72.2 Å². The van der Waals surface area contributed by atoms with Crippen molar-refractivity contribution in [2.75, 3.05) is 0 Å². The zero-order valence-corrected chi connectivity index (χ0v) is 7.33. The molecule has 3 heteroatoms. The van der Waals surface area contributed by atoms with Crippen molar-refractivity contribution in [1.29, 1.82) is 0 Å². The highest BCUT2D eigenvalue weighted by Crippen LogP contribution is 1.98. The SMILES string of the molecule is C/C=C\C(=C/CC)C(=O)NC=O. The van der Waals surface area contributed by atoms with Gasteiger partial charge in [-0.15, -0.1) is 0 Å². The Balaban J connectivity index is 4.39. The van der Waals surface area contributed by atoms with Crippen LogP contribution in [0.25, 0.3) is 0 Å². The maximum absolute atomic E-state index is 11.1. The van der Waals surface area contributed by atoms with E-state index in [0.29, 0.717) is 12.0 Å². The number of rotatable bonds is 4. The first kappa shape index (κ1) is 10.6. The molecule has 0 aliphatic carbocycles. The molecule has 3 nitrogen and oxygen atoms in total. The predicted molar refractivity (Wildman–Crippen MR) is 47.4 cm³/mol. The Morgan fingerprint density at radius 2 is 2.17 bits per heavy atom. The minimum Gasteiger partial charge on any atom is -0.295 e. The smallest absolute Gasteiger partial charge is 0.257 e. The molecule has 0 fully saturated rings. The minimum absolute atomic E-state index is 0.357. The van der Waals surface area contributed by atoms with Crippen molar-refractivity contribution in [3.8, 4) is 0 Å². The highest BCUT2D eigenvalue weighted by atomic mass is 16.2. The van der Waals surface area contributed by atoms with Crippen LogP contribution in [0.15, 0.2) is 23.8 Å². The maximum atomic E-state index is 11.1. The number of carbonyl (C=O) groups excluding carboxylic acids is 2. The lowest BCUT2D eigenvalue weighted by atomic mass is 10.2. The lowest BCUT2D eigenvalue weighted by molar-refractivity contribution is -0.122. The Bertz CT molecular complexity index is 217. The van der Waals surface area contributed by atoms with Crippen LogP contribution in [0, 0.1) is 0 Å². The van der Waals surface area contributed by atoms with Crippen LogP contribution >= 0.6 is 0 Å². The molecule has 0 aromatic rings. The van der Waals surface area contributed by atoms with Crippen molar-refractivity contribution < 1.29 is 9.59 Å². The summed E-state index contributed by atoms with van der Waals surface area (Å²) in [6.07, 6.45) is 6.34. The maximum Gasteiger partial charge on any atom is 0.257 e. The third-order valence-corrected chi connectivity index (χ3v) is 1.22. The lowest BCUT2D eigenvalue weighted by Gasteiger charge is -1.97. The van der Waals surface area contributed by atoms with E-state index >= 15 is 0 Å². The van der Waals surface area contributed by atoms with E-state index in [9.17, 15) is 9.59 Å². The van der Waals surface area contributed by atoms with Crippen molar-refractivity contribution >= 4 is 12.3 Å². The van der Waals surface area contributed by atoms with E-state index in [-0.39, 0.29) is 5.91 Å². The van der Waals surface area contributed by atoms with Crippen molar-refractivity contribution in [3.05, 3.63) is 23.8 Å². The summed E-state index contributed by atoms with van der Waals surface area (Å²) in [5, 5.41) is 2.08. The van der Waals surface area contributed by atoms with Gasteiger partial charge in [-0.05, 0) is 13.3 Å². The number of nitrogens with one attached hydrogen (secondary N) is 1. The lowest BCUT2D eigenvalue weighted by Crippen LogP contribution is -2.22. The summed E-state index contributed by atoms with van der Waals surface area (Å²) in [4.78, 5) is 21.0. The molecule has 66 valence electrons. The Kier molecular flexibility index (Phi) is 5.61. The van der Waals surface area contributed by atoms with Gasteiger partial charge in [-0.3, -0.25) is 14.9 Å². The fraction of sp³-hybridized carbons (Fsp3) is 0.333. The highest BCUT2D eigenvalue weighted by Gasteiger charge is 2.02. The molecule has 12 heavy (non-hydrogen) atoms. The molecule has 0 aromatic carbocycles. The third-order valence-electron chi connectivity index (χ3n) is 1.22. The zero-order valence-electron chi connectivity index (χ0n) is 7.33. The van der Waals surface area contributed by atoms with Crippen LogP contribution in [0.2, 0.25) is 0 Å². The molecular formula is C9H13NO2. The number of amides is 2. The first-order valence-electron chi connectivity index (χ1n) is 3.83. The van der Waals surface area contributed by atoms with Gasteiger partial charge in [0, 0.05) is 5.57 Å². The molecule has 2 amide bonds. The molecule has 0 heterocycles. The number of hydrogen-bond donors (Lipinski definition) is 1. The van der Waals surface area contributed by atoms with E-state index in [1.165, 1.54) is 0 Å². The van der Waals surface area contributed by atoms with Gasteiger partial charge in [-0.1, -0.05) is 25.2 Å². The summed E-state index contributed by atoms with van der Waals surface area (Å²) in [5.74, 6) is -0.357. The largest absolute Gasteiger partial charge is 0.295 e. The van der Waals surface area contributed by atoms with Gasteiger partial charge < -0.3 is 0 Å². The average molecular weight is 167 g/mol. The molecule has 0 aromatic heterocycles. The fourth-order valence-corrected chi connectivity index (χ4v) is 0.773. The third kappa shape index (κ3) is 3.71. The molecule has 0 aliphatic heterocycles. The van der Waals surface area contributed by atoms with Crippen LogP contribution in [0.1, 0.15) is 20.3 Å². The minimum atomic E-state index is -0.357. The standard InChI is InChI=1S/C9H13NO2/c1-3-5-8(6-4-2)9(12)10-7-11/h3,5-7H,4H2,1-2H3,(H,10,11,12)/b5-3-,8-6+. The molecule has 0 saturated heterocycles. The number of carbonyl (C=O) groups is 2. The average Bonchev–Trinajstić information content (AvgIpc) is 2.04. The molecule has 0 rings (SSSR count). The molecule has 0 spiro atoms. The quantitative estimate of drug-likeness (QED) is 0.388. The first-order valence-corrected chi connectivity index (χ1v) is 3.83. The molecule has 0 aliphatic rings. The Morgan fingerprint density at radius 3 is 2.58 bits per heavy atom. The van der Waals surface area contributed by atoms with E-state index < -0.39 is 0 Å². The van der Waals surface area contributed by atoms with Crippen LogP contribution in [0.3, 0.4) is 0 Å². The van der Waals surface area contributed by atoms with Crippen molar-refractivity contribution in [2.24, 2.45) is 0 Å². The van der Waals surface area contributed by atoms with E-state index in [4.69, 9.17) is 0 Å². The van der Waals surface area contributed by atoms with Crippen molar-refractivity contribution in [2.45, 2.75) is 20.3 Å². The molecule has 1 N–H and O–H groups in total. The van der Waals surface area contributed by atoms with E-state index in [2.05, 4.69) is 5.32 Å². The summed E-state index contributed by atoms with van der Waals surface area (Å²) in [5.41, 5.74) is 0.520. The predicted octanol–water partition coefficient (Wildman–Crippen LogP) is 1.17. The van der Waals surface area contributed by atoms with E-state index in [1.54, 1.807) is 18.2 Å². The van der Waals surface area contributed by atoms with Crippen LogP contribution in [-0.2, 0) is 9.59 Å². The van der Waals surface area contributed by atoms with Gasteiger partial charge in [0.05, 0.1) is 0 Å². The van der Waals surface area contributed by atoms with Gasteiger partial charge in [-0.25, -0.2) is 0 Å². The van der Waals surface area contributed by atoms with Crippen LogP contribution in [0.5, 0.6) is 0 Å². The van der Waals surface area contributed by atoms with Crippen LogP contribution in [0.4, 0.5) is 0 Å². The number of hydrogen-bond acceptors (Lipinski definition) is 2. The monoisotopic (exact) mass is 167 g/mol. The van der Waals surface area contributed by atoms with Gasteiger partial charge in [0.2, 0.25) is 6.41 Å². The van der Waals surface area contributed by atoms with Crippen molar-refractivity contribution in [1.82, 2.24) is 5.32 Å². The molecule has 0 unspecified atom stereocenters. The van der Waals surface area contributed by atoms with Crippen molar-refractivity contribution in [3.63, 3.8) is 0 Å². The van der Waals surface area contributed by atoms with E-state index in [0.717, 1.165) is 6.42 Å². The topological polar surface area (TPSA) is 46.2 Å². The normalized spacial score (nSPS) is 11.7. The summed E-state index contributed by atoms with van der Waals surface area (Å²) in [7, 11) is 0. The summed E-state index contributed by atoms with van der Waals surface area (Å²) >= 11 is 0. The number of imide groups is 1. The Hall–Kier alpha value is -1.38. The Morgan fingerprint density at radius 1 is 1.50 bits per heavy atom. The van der Waals surface area contributed by atoms with E-state index in [1.807, 2.05) is 13.8 Å². The molecule has 0 saturated carbocycles. The molecular weight excluding hydrogens is 154 g/mol. The fourth-order valence-electron chi connectivity index (χ4n) is 0.773. The molecule has 0 bridgehead atoms. The molecule has 0 atom stereocenters. The van der Waals surface area contributed by atoms with Gasteiger partial charge in [0.15, 0.2) is 0 Å². The van der Waals surface area contributed by atoms with Gasteiger partial charge >= 0.3 is 0 Å². The van der Waals surface area contributed by atoms with Crippen LogP contribution in [-0.4, -0.2) is 12.3 Å². The highest BCUT2D eigenvalue weighted by molar-refractivity contribution is 6.01. The molecule has 0 radical (unpaired) electrons. The summed E-state index contributed by atoms with van der Waals surface area (Å²) in [6, 6.07) is 0. The zero-order chi connectivity index (χ0) is 9.40. The summed E-state index contributed by atoms with van der Waals surface area (Å²) in [6.45, 7) is 3.75. The number of allylic oxidation sites excluding steroid dienone is 2. The second-order valence-corrected chi connectivity index (χ2v) is 2.16. The second-order valence-electron chi connectivity index (χ2n) is 2.16. The van der Waals surface area contributed by atoms with Crippen LogP contribution < -0.4 is 5.32 Å². The first-order chi connectivity index (χ1) is 5.76. The van der Waals surface area contributed by atoms with Gasteiger partial charge in [-0.2, -0.15) is 0 Å².